The molecule has 0 radical (unpaired) electrons. The Morgan fingerprint density at radius 1 is 1.39 bits per heavy atom. The average Bonchev–Trinajstić information content (AvgIpc) is 2.79. The molecule has 18 heavy (non-hydrogen) atoms. The van der Waals surface area contributed by atoms with Crippen molar-refractivity contribution in [1.82, 2.24) is 10.2 Å². The second-order valence-corrected chi connectivity index (χ2v) is 4.17. The van der Waals surface area contributed by atoms with Crippen molar-refractivity contribution in [3.8, 4) is 6.07 Å². The molecule has 2 aromatic rings. The molecule has 0 aliphatic carbocycles. The molecule has 2 rings (SSSR count). The SMILES string of the molecule is N#Cc1cn[nH]c1NC(=O)c1ccc(Cl)c(Cl)c1. The van der Waals surface area contributed by atoms with Crippen molar-refractivity contribution in [2.45, 2.75) is 0 Å². The minimum atomic E-state index is -0.408. The summed E-state index contributed by atoms with van der Waals surface area (Å²) in [5.41, 5.74) is 0.589. The second-order valence-electron chi connectivity index (χ2n) is 3.35. The van der Waals surface area contributed by atoms with Gasteiger partial charge in [0, 0.05) is 5.56 Å². The third-order valence-corrected chi connectivity index (χ3v) is 2.92. The number of carbonyl (C=O) groups is 1. The summed E-state index contributed by atoms with van der Waals surface area (Å²) in [7, 11) is 0. The molecule has 0 bridgehead atoms. The first-order chi connectivity index (χ1) is 8.61. The topological polar surface area (TPSA) is 81.6 Å². The van der Waals surface area contributed by atoms with Crippen LogP contribution in [0.4, 0.5) is 5.82 Å². The Labute approximate surface area is 112 Å². The number of carbonyl (C=O) groups excluding carboxylic acids is 1. The molecule has 0 aliphatic heterocycles. The van der Waals surface area contributed by atoms with E-state index < -0.39 is 5.91 Å². The van der Waals surface area contributed by atoms with Crippen molar-refractivity contribution in [3.63, 3.8) is 0 Å². The van der Waals surface area contributed by atoms with E-state index in [1.54, 1.807) is 0 Å². The van der Waals surface area contributed by atoms with Crippen LogP contribution in [0.1, 0.15) is 15.9 Å². The monoisotopic (exact) mass is 280 g/mol. The summed E-state index contributed by atoms with van der Waals surface area (Å²) in [6, 6.07) is 6.40. The highest BCUT2D eigenvalue weighted by molar-refractivity contribution is 6.42. The van der Waals surface area contributed by atoms with Gasteiger partial charge < -0.3 is 5.32 Å². The van der Waals surface area contributed by atoms with E-state index >= 15 is 0 Å². The van der Waals surface area contributed by atoms with Crippen LogP contribution in [0, 0.1) is 11.3 Å². The van der Waals surface area contributed by atoms with E-state index in [0.717, 1.165) is 0 Å². The van der Waals surface area contributed by atoms with Gasteiger partial charge in [0.2, 0.25) is 0 Å². The van der Waals surface area contributed by atoms with Crippen LogP contribution in [0.15, 0.2) is 24.4 Å². The quantitative estimate of drug-likeness (QED) is 0.888. The molecule has 2 N–H and O–H groups in total. The number of anilines is 1. The van der Waals surface area contributed by atoms with E-state index in [0.29, 0.717) is 10.6 Å². The highest BCUT2D eigenvalue weighted by Crippen LogP contribution is 2.23. The van der Waals surface area contributed by atoms with Gasteiger partial charge in [-0.15, -0.1) is 0 Å². The summed E-state index contributed by atoms with van der Waals surface area (Å²) >= 11 is 11.6. The molecule has 0 atom stereocenters. The predicted molar refractivity (Wildman–Crippen MR) is 67.7 cm³/mol. The van der Waals surface area contributed by atoms with Crippen LogP contribution in [0.2, 0.25) is 10.0 Å². The molecule has 7 heteroatoms. The molecule has 1 aromatic heterocycles. The minimum absolute atomic E-state index is 0.244. The molecule has 90 valence electrons. The number of aromatic nitrogens is 2. The lowest BCUT2D eigenvalue weighted by molar-refractivity contribution is 0.102. The Balaban J connectivity index is 2.23. The summed E-state index contributed by atoms with van der Waals surface area (Å²) in [6.45, 7) is 0. The third-order valence-electron chi connectivity index (χ3n) is 2.18. The summed E-state index contributed by atoms with van der Waals surface area (Å²) in [6.07, 6.45) is 1.32. The molecule has 1 heterocycles. The smallest absolute Gasteiger partial charge is 0.256 e. The molecule has 0 fully saturated rings. The lowest BCUT2D eigenvalue weighted by atomic mass is 10.2. The first-order valence-electron chi connectivity index (χ1n) is 4.81. The molecule has 0 saturated heterocycles. The summed E-state index contributed by atoms with van der Waals surface area (Å²) in [4.78, 5) is 11.9. The first kappa shape index (κ1) is 12.4. The number of H-pyrrole nitrogens is 1. The molecular formula is C11H6Cl2N4O. The maximum absolute atomic E-state index is 11.9. The fourth-order valence-electron chi connectivity index (χ4n) is 1.29. The molecular weight excluding hydrogens is 275 g/mol. The predicted octanol–water partition coefficient (Wildman–Crippen LogP) is 2.84. The van der Waals surface area contributed by atoms with Crippen molar-refractivity contribution in [1.29, 1.82) is 5.26 Å². The molecule has 1 amide bonds. The number of aromatic amines is 1. The molecule has 0 spiro atoms. The zero-order chi connectivity index (χ0) is 13.1. The molecule has 0 aliphatic rings. The maximum atomic E-state index is 11.9. The zero-order valence-electron chi connectivity index (χ0n) is 8.87. The number of hydrogen-bond donors (Lipinski definition) is 2. The van der Waals surface area contributed by atoms with Crippen LogP contribution in [0.25, 0.3) is 0 Å². The van der Waals surface area contributed by atoms with Crippen LogP contribution in [-0.4, -0.2) is 16.1 Å². The van der Waals surface area contributed by atoms with Gasteiger partial charge in [-0.25, -0.2) is 0 Å². The van der Waals surface area contributed by atoms with Gasteiger partial charge in [-0.05, 0) is 18.2 Å². The van der Waals surface area contributed by atoms with E-state index in [-0.39, 0.29) is 16.4 Å². The number of rotatable bonds is 2. The van der Waals surface area contributed by atoms with E-state index in [4.69, 9.17) is 28.5 Å². The van der Waals surface area contributed by atoms with Crippen LogP contribution in [0.3, 0.4) is 0 Å². The Morgan fingerprint density at radius 3 is 2.83 bits per heavy atom. The summed E-state index contributed by atoms with van der Waals surface area (Å²) in [5.74, 6) is -0.164. The fraction of sp³-hybridized carbons (Fsp3) is 0. The van der Waals surface area contributed by atoms with E-state index in [9.17, 15) is 4.79 Å². The van der Waals surface area contributed by atoms with Crippen LogP contribution < -0.4 is 5.32 Å². The first-order valence-corrected chi connectivity index (χ1v) is 5.57. The molecule has 1 aromatic carbocycles. The number of nitriles is 1. The third kappa shape index (κ3) is 2.45. The van der Waals surface area contributed by atoms with Gasteiger partial charge in [-0.2, -0.15) is 10.4 Å². The van der Waals surface area contributed by atoms with Gasteiger partial charge in [-0.3, -0.25) is 9.89 Å². The lowest BCUT2D eigenvalue weighted by Gasteiger charge is -2.04. The highest BCUT2D eigenvalue weighted by Gasteiger charge is 2.11. The lowest BCUT2D eigenvalue weighted by Crippen LogP contribution is -2.13. The Bertz CT molecular complexity index is 645. The number of benzene rings is 1. The maximum Gasteiger partial charge on any atom is 0.256 e. The Kier molecular flexibility index (Phi) is 3.51. The number of amides is 1. The van der Waals surface area contributed by atoms with Gasteiger partial charge in [0.15, 0.2) is 0 Å². The summed E-state index contributed by atoms with van der Waals surface area (Å²) in [5, 5.41) is 18.1. The molecule has 5 nitrogen and oxygen atoms in total. The van der Waals surface area contributed by atoms with E-state index in [2.05, 4.69) is 15.5 Å². The average molecular weight is 281 g/mol. The number of nitrogens with one attached hydrogen (secondary N) is 2. The summed E-state index contributed by atoms with van der Waals surface area (Å²) < 4.78 is 0. The largest absolute Gasteiger partial charge is 0.306 e. The molecule has 0 saturated carbocycles. The van der Waals surface area contributed by atoms with Crippen LogP contribution >= 0.6 is 23.2 Å². The van der Waals surface area contributed by atoms with Gasteiger partial charge >= 0.3 is 0 Å². The van der Waals surface area contributed by atoms with Gasteiger partial charge in [-0.1, -0.05) is 23.2 Å². The van der Waals surface area contributed by atoms with E-state index in [1.165, 1.54) is 24.4 Å². The van der Waals surface area contributed by atoms with E-state index in [1.807, 2.05) is 6.07 Å². The van der Waals surface area contributed by atoms with Crippen molar-refractivity contribution < 1.29 is 4.79 Å². The Morgan fingerprint density at radius 2 is 2.17 bits per heavy atom. The van der Waals surface area contributed by atoms with Crippen molar-refractivity contribution in [3.05, 3.63) is 45.6 Å². The van der Waals surface area contributed by atoms with Gasteiger partial charge in [0.05, 0.1) is 16.2 Å². The minimum Gasteiger partial charge on any atom is -0.306 e. The van der Waals surface area contributed by atoms with Crippen LogP contribution in [0.5, 0.6) is 0 Å². The normalized spacial score (nSPS) is 9.83. The Hall–Kier alpha value is -2.03. The van der Waals surface area contributed by atoms with Crippen molar-refractivity contribution in [2.24, 2.45) is 0 Å². The number of nitrogens with zero attached hydrogens (tertiary/aromatic N) is 2. The molecule has 0 unspecified atom stereocenters. The van der Waals surface area contributed by atoms with Crippen molar-refractivity contribution in [2.75, 3.05) is 5.32 Å². The van der Waals surface area contributed by atoms with Gasteiger partial charge in [0.25, 0.3) is 5.91 Å². The van der Waals surface area contributed by atoms with Gasteiger partial charge in [0.1, 0.15) is 17.5 Å². The zero-order valence-corrected chi connectivity index (χ0v) is 10.4. The fourth-order valence-corrected chi connectivity index (χ4v) is 1.59. The standard InChI is InChI=1S/C11H6Cl2N4O/c12-8-2-1-6(3-9(8)13)11(18)16-10-7(4-14)5-15-17-10/h1-3,5H,(H2,15,16,17,18). The number of halogens is 2. The highest BCUT2D eigenvalue weighted by atomic mass is 35.5. The second kappa shape index (κ2) is 5.08. The van der Waals surface area contributed by atoms with Crippen molar-refractivity contribution >= 4 is 34.9 Å². The number of hydrogen-bond acceptors (Lipinski definition) is 3. The van der Waals surface area contributed by atoms with Crippen LogP contribution in [-0.2, 0) is 0 Å².